The second-order valence-corrected chi connectivity index (χ2v) is 10.8. The summed E-state index contributed by atoms with van der Waals surface area (Å²) in [5.41, 5.74) is 2.96. The van der Waals surface area contributed by atoms with Gasteiger partial charge in [-0.3, -0.25) is 9.36 Å². The average molecular weight is 589 g/mol. The minimum atomic E-state index is -0.734. The van der Waals surface area contributed by atoms with Gasteiger partial charge in [0.2, 0.25) is 6.79 Å². The van der Waals surface area contributed by atoms with Crippen LogP contribution in [-0.2, 0) is 16.1 Å². The molecule has 208 valence electrons. The second kappa shape index (κ2) is 11.3. The fraction of sp³-hybridized carbons (Fsp3) is 0.194. The van der Waals surface area contributed by atoms with Gasteiger partial charge in [0.05, 0.1) is 28.5 Å². The number of halogens is 1. The fourth-order valence-electron chi connectivity index (χ4n) is 4.78. The molecule has 0 aliphatic carbocycles. The first-order valence-corrected chi connectivity index (χ1v) is 14.2. The van der Waals surface area contributed by atoms with Gasteiger partial charge in [0.25, 0.3) is 5.56 Å². The Morgan fingerprint density at radius 1 is 1.12 bits per heavy atom. The van der Waals surface area contributed by atoms with E-state index in [1.54, 1.807) is 30.5 Å². The van der Waals surface area contributed by atoms with E-state index in [4.69, 9.17) is 30.5 Å². The number of fused-ring (bicyclic) bond motifs is 2. The number of carbonyl (C=O) groups excluding carboxylic acids is 1. The van der Waals surface area contributed by atoms with E-state index in [9.17, 15) is 9.59 Å². The van der Waals surface area contributed by atoms with Crippen LogP contribution >= 0.6 is 22.9 Å². The van der Waals surface area contributed by atoms with Gasteiger partial charge in [0, 0.05) is 10.6 Å². The highest BCUT2D eigenvalue weighted by atomic mass is 35.5. The van der Waals surface area contributed by atoms with Crippen LogP contribution in [0.25, 0.3) is 6.08 Å². The van der Waals surface area contributed by atoms with Crippen molar-refractivity contribution in [2.75, 3.05) is 13.4 Å². The van der Waals surface area contributed by atoms with Crippen LogP contribution in [0.4, 0.5) is 0 Å². The maximum atomic E-state index is 13.8. The van der Waals surface area contributed by atoms with Crippen LogP contribution in [0.5, 0.6) is 17.2 Å². The fourth-order valence-corrected chi connectivity index (χ4v) is 6.02. The van der Waals surface area contributed by atoms with Gasteiger partial charge >= 0.3 is 5.97 Å². The molecule has 1 atom stereocenters. The van der Waals surface area contributed by atoms with Gasteiger partial charge in [-0.1, -0.05) is 59.3 Å². The Morgan fingerprint density at radius 3 is 2.68 bits per heavy atom. The van der Waals surface area contributed by atoms with Gasteiger partial charge < -0.3 is 18.9 Å². The van der Waals surface area contributed by atoms with E-state index in [0.717, 1.165) is 11.1 Å². The van der Waals surface area contributed by atoms with Crippen molar-refractivity contribution in [3.05, 3.63) is 119 Å². The molecular formula is C31H25ClN2O6S. The summed E-state index contributed by atoms with van der Waals surface area (Å²) >= 11 is 7.49. The van der Waals surface area contributed by atoms with E-state index in [0.29, 0.717) is 55.0 Å². The monoisotopic (exact) mass is 588 g/mol. The molecule has 6 rings (SSSR count). The van der Waals surface area contributed by atoms with Crippen LogP contribution in [0.2, 0.25) is 5.02 Å². The Balaban J connectivity index is 1.36. The predicted octanol–water partition coefficient (Wildman–Crippen LogP) is 4.76. The van der Waals surface area contributed by atoms with E-state index < -0.39 is 12.0 Å². The summed E-state index contributed by atoms with van der Waals surface area (Å²) in [6.45, 7) is 4.16. The molecule has 1 unspecified atom stereocenters. The van der Waals surface area contributed by atoms with Gasteiger partial charge in [-0.25, -0.2) is 9.79 Å². The van der Waals surface area contributed by atoms with Crippen molar-refractivity contribution < 1.29 is 23.7 Å². The zero-order chi connectivity index (χ0) is 28.5. The largest absolute Gasteiger partial charge is 0.489 e. The minimum absolute atomic E-state index is 0.116. The normalized spacial score (nSPS) is 15.9. The smallest absolute Gasteiger partial charge is 0.338 e. The van der Waals surface area contributed by atoms with Crippen molar-refractivity contribution in [3.8, 4) is 17.2 Å². The van der Waals surface area contributed by atoms with Crippen LogP contribution < -0.4 is 29.1 Å². The van der Waals surface area contributed by atoms with E-state index in [1.807, 2.05) is 60.7 Å². The molecule has 8 nitrogen and oxygen atoms in total. The maximum absolute atomic E-state index is 13.8. The number of hydrogen-bond acceptors (Lipinski definition) is 8. The number of thiazole rings is 1. The number of ether oxygens (including phenoxy) is 4. The molecule has 0 fully saturated rings. The van der Waals surface area contributed by atoms with Gasteiger partial charge in [0.15, 0.2) is 16.3 Å². The average Bonchev–Trinajstić information content (AvgIpc) is 3.56. The van der Waals surface area contributed by atoms with Crippen LogP contribution in [0, 0.1) is 0 Å². The summed E-state index contributed by atoms with van der Waals surface area (Å²) in [7, 11) is 0. The van der Waals surface area contributed by atoms with Crippen LogP contribution in [-0.4, -0.2) is 23.9 Å². The van der Waals surface area contributed by atoms with Crippen molar-refractivity contribution in [2.24, 2.45) is 4.99 Å². The van der Waals surface area contributed by atoms with Gasteiger partial charge in [0.1, 0.15) is 12.4 Å². The van der Waals surface area contributed by atoms with Gasteiger partial charge in [-0.15, -0.1) is 0 Å². The molecule has 0 spiro atoms. The van der Waals surface area contributed by atoms with Crippen LogP contribution in [0.15, 0.2) is 87.8 Å². The number of allylic oxidation sites excluding steroid dienone is 1. The van der Waals surface area contributed by atoms with E-state index in [-0.39, 0.29) is 19.0 Å². The molecular weight excluding hydrogens is 564 g/mol. The molecule has 3 heterocycles. The summed E-state index contributed by atoms with van der Waals surface area (Å²) in [6, 6.07) is 19.7. The number of nitrogens with zero attached hydrogens (tertiary/aromatic N) is 2. The van der Waals surface area contributed by atoms with Crippen molar-refractivity contribution in [2.45, 2.75) is 26.5 Å². The summed E-state index contributed by atoms with van der Waals surface area (Å²) in [6.07, 6.45) is 1.81. The van der Waals surface area contributed by atoms with Gasteiger partial charge in [-0.05, 0) is 61.4 Å². The van der Waals surface area contributed by atoms with Crippen LogP contribution in [0.3, 0.4) is 0 Å². The highest BCUT2D eigenvalue weighted by Crippen LogP contribution is 2.38. The molecule has 0 radical (unpaired) electrons. The first kappa shape index (κ1) is 26.9. The lowest BCUT2D eigenvalue weighted by Crippen LogP contribution is -2.39. The summed E-state index contributed by atoms with van der Waals surface area (Å²) in [5, 5.41) is 0.653. The van der Waals surface area contributed by atoms with E-state index in [2.05, 4.69) is 4.99 Å². The molecule has 1 aromatic heterocycles. The lowest BCUT2D eigenvalue weighted by Gasteiger charge is -2.24. The molecule has 0 saturated heterocycles. The Labute approximate surface area is 244 Å². The Hall–Kier alpha value is -4.34. The topological polar surface area (TPSA) is 88.4 Å². The summed E-state index contributed by atoms with van der Waals surface area (Å²) in [4.78, 5) is 32.1. The lowest BCUT2D eigenvalue weighted by atomic mass is 9.95. The zero-order valence-electron chi connectivity index (χ0n) is 22.3. The third-order valence-corrected chi connectivity index (χ3v) is 8.11. The number of hydrogen-bond donors (Lipinski definition) is 0. The quantitative estimate of drug-likeness (QED) is 0.289. The molecule has 0 N–H and O–H groups in total. The first-order chi connectivity index (χ1) is 19.9. The predicted molar refractivity (Wildman–Crippen MR) is 155 cm³/mol. The first-order valence-electron chi connectivity index (χ1n) is 13.0. The molecule has 3 aromatic carbocycles. The number of rotatable bonds is 7. The third-order valence-electron chi connectivity index (χ3n) is 6.76. The molecule has 41 heavy (non-hydrogen) atoms. The lowest BCUT2D eigenvalue weighted by molar-refractivity contribution is -0.139. The second-order valence-electron chi connectivity index (χ2n) is 9.36. The minimum Gasteiger partial charge on any atom is -0.489 e. The molecule has 0 saturated carbocycles. The molecule has 0 amide bonds. The number of esters is 1. The number of aromatic nitrogens is 1. The molecule has 4 aromatic rings. The van der Waals surface area contributed by atoms with Crippen LogP contribution in [0.1, 0.15) is 36.6 Å². The summed E-state index contributed by atoms with van der Waals surface area (Å²) in [5.74, 6) is 1.33. The van der Waals surface area contributed by atoms with E-state index >= 15 is 0 Å². The zero-order valence-corrected chi connectivity index (χ0v) is 23.8. The molecule has 2 aliphatic rings. The SMILES string of the molecule is CCOC(=O)C1=C(C)N=c2sc(=Cc3ccc(OCc4ccccc4Cl)cc3)c(=O)n2C1c1ccc2c(c1)OCO2. The number of benzene rings is 3. The molecule has 2 aliphatic heterocycles. The third kappa shape index (κ3) is 5.26. The van der Waals surface area contributed by atoms with Crippen molar-refractivity contribution in [3.63, 3.8) is 0 Å². The Morgan fingerprint density at radius 2 is 1.90 bits per heavy atom. The Kier molecular flexibility index (Phi) is 7.38. The maximum Gasteiger partial charge on any atom is 0.338 e. The highest BCUT2D eigenvalue weighted by molar-refractivity contribution is 7.07. The van der Waals surface area contributed by atoms with Crippen molar-refractivity contribution in [1.29, 1.82) is 0 Å². The molecule has 10 heteroatoms. The highest BCUT2D eigenvalue weighted by Gasteiger charge is 2.34. The number of carbonyl (C=O) groups is 1. The Bertz CT molecular complexity index is 1860. The standard InChI is InChI=1S/C31H25ClN2O6S/c1-3-37-30(36)27-18(2)33-31-34(28(27)20-10-13-24-25(15-20)40-17-39-24)29(35)26(41-31)14-19-8-11-22(12-9-19)38-16-21-6-4-5-7-23(21)32/h4-15,28H,3,16-17H2,1-2H3. The van der Waals surface area contributed by atoms with Crippen molar-refractivity contribution in [1.82, 2.24) is 4.57 Å². The van der Waals surface area contributed by atoms with Gasteiger partial charge in [-0.2, -0.15) is 0 Å². The summed E-state index contributed by atoms with van der Waals surface area (Å²) < 4.78 is 24.3. The van der Waals surface area contributed by atoms with Crippen molar-refractivity contribution >= 4 is 35.0 Å². The van der Waals surface area contributed by atoms with E-state index in [1.165, 1.54) is 11.3 Å². The molecule has 0 bridgehead atoms.